The molecule has 0 unspecified atom stereocenters. The Labute approximate surface area is 272 Å². The van der Waals surface area contributed by atoms with Gasteiger partial charge in [-0.1, -0.05) is 83.6 Å². The minimum atomic E-state index is 0. The average molecular weight is 713 g/mol. The summed E-state index contributed by atoms with van der Waals surface area (Å²) in [6, 6.07) is 37.4. The Bertz CT molecular complexity index is 1720. The number of fused-ring (bicyclic) bond motifs is 2. The van der Waals surface area contributed by atoms with E-state index in [0.29, 0.717) is 0 Å². The van der Waals surface area contributed by atoms with Crippen molar-refractivity contribution >= 4 is 21.5 Å². The Hall–Kier alpha value is -3.03. The molecule has 0 N–H and O–H groups in total. The van der Waals surface area contributed by atoms with Crippen LogP contribution >= 0.6 is 0 Å². The smallest absolute Gasteiger partial charge is 0.358 e. The molecule has 210 valence electrons. The zero-order chi connectivity index (χ0) is 26.7. The van der Waals surface area contributed by atoms with Crippen molar-refractivity contribution in [2.45, 2.75) is 58.8 Å². The van der Waals surface area contributed by atoms with Gasteiger partial charge in [-0.3, -0.25) is 0 Å². The van der Waals surface area contributed by atoms with Crippen molar-refractivity contribution in [3.8, 4) is 22.3 Å². The summed E-state index contributed by atoms with van der Waals surface area (Å²) in [7, 11) is 0. The molecule has 0 aromatic heterocycles. The van der Waals surface area contributed by atoms with Gasteiger partial charge in [-0.05, 0) is 68.2 Å². The van der Waals surface area contributed by atoms with Crippen LogP contribution in [0.3, 0.4) is 0 Å². The van der Waals surface area contributed by atoms with Crippen LogP contribution in [0.4, 0.5) is 0 Å². The molecule has 1 aliphatic rings. The van der Waals surface area contributed by atoms with Crippen LogP contribution in [0.5, 0.6) is 0 Å². The van der Waals surface area contributed by atoms with Crippen LogP contribution in [-0.4, -0.2) is 0 Å². The fourth-order valence-electron chi connectivity index (χ4n) is 7.27. The van der Waals surface area contributed by atoms with Gasteiger partial charge in [0, 0.05) is 0 Å². The third kappa shape index (κ3) is 5.19. The van der Waals surface area contributed by atoms with E-state index in [1.54, 1.807) is 0 Å². The van der Waals surface area contributed by atoms with Gasteiger partial charge in [-0.2, -0.15) is 12.1 Å². The summed E-state index contributed by atoms with van der Waals surface area (Å²) in [6.45, 7) is 8.86. The van der Waals surface area contributed by atoms with E-state index in [9.17, 15) is 0 Å². The summed E-state index contributed by atoms with van der Waals surface area (Å²) in [5, 5.41) is 5.50. The van der Waals surface area contributed by atoms with Gasteiger partial charge in [0.05, 0.1) is 0 Å². The normalized spacial score (nSPS) is 13.9. The number of aryl methyl sites for hydroxylation is 4. The maximum absolute atomic E-state index is 2.53. The molecule has 1 fully saturated rings. The van der Waals surface area contributed by atoms with Crippen molar-refractivity contribution in [1.82, 2.24) is 0 Å². The first-order valence-electron chi connectivity index (χ1n) is 14.5. The summed E-state index contributed by atoms with van der Waals surface area (Å²) in [4.78, 5) is 0. The summed E-state index contributed by atoms with van der Waals surface area (Å²) >= 11 is 0. The van der Waals surface area contributed by atoms with Crippen LogP contribution in [0.15, 0.2) is 97.1 Å². The molecule has 0 aliphatic heterocycles. The molecule has 1 aliphatic carbocycles. The molecule has 0 amide bonds. The summed E-state index contributed by atoms with van der Waals surface area (Å²) < 4.78 is 0. The average Bonchev–Trinajstić information content (AvgIpc) is 3.69. The molecule has 6 aromatic carbocycles. The van der Waals surface area contributed by atoms with Gasteiger partial charge in [0.1, 0.15) is 0 Å². The van der Waals surface area contributed by atoms with Crippen LogP contribution in [0.2, 0.25) is 0 Å². The van der Waals surface area contributed by atoms with E-state index in [2.05, 4.69) is 125 Å². The summed E-state index contributed by atoms with van der Waals surface area (Å²) in [5.74, 6) is 0. The third-order valence-corrected chi connectivity index (χ3v) is 9.43. The minimum Gasteiger partial charge on any atom is -0.358 e. The van der Waals surface area contributed by atoms with E-state index in [-0.39, 0.29) is 46.1 Å². The molecule has 0 saturated heterocycles. The fraction of sp³-hybridized carbons (Fsp3) is 0.220. The molecule has 42 heavy (non-hydrogen) atoms. The second kappa shape index (κ2) is 12.3. The standard InChI is InChI=1S/C39H36.2CH3.Hf/c1-25-13-15-27(3)35(19-25)33-11-7-9-29-21-31(23-37(29)33)39(17-5-6-18-39)32-22-30-10-8-12-34(38(30)24-32)36-20-26(2)14-16-28(36)4;;;/h7-16,19-24H,5-6,17-18H2,1-4H3;2*1H3;/q-2;2*-1;+4. The first-order chi connectivity index (χ1) is 18.9. The molecular weight excluding hydrogens is 671 g/mol. The largest absolute Gasteiger partial charge is 4.00 e. The zero-order valence-electron chi connectivity index (χ0n) is 26.1. The second-order valence-corrected chi connectivity index (χ2v) is 12.0. The SMILES string of the molecule is Cc1ccc(C)c(-c2cccc3[cH-]c(C4(c5cc6c(-c7cc(C)ccc7C)cccc6[cH-]5)CCCC4)cc23)c1.[CH3-].[CH3-].[Hf+4]. The van der Waals surface area contributed by atoms with Crippen LogP contribution in [0, 0.1) is 42.5 Å². The Morgan fingerprint density at radius 2 is 0.952 bits per heavy atom. The van der Waals surface area contributed by atoms with Crippen molar-refractivity contribution in [2.24, 2.45) is 0 Å². The molecule has 7 rings (SSSR count). The number of hydrogen-bond acceptors (Lipinski definition) is 0. The quantitative estimate of drug-likeness (QED) is 0.126. The Balaban J connectivity index is 0.00000135. The van der Waals surface area contributed by atoms with E-state index in [1.165, 1.54) is 103 Å². The molecule has 0 radical (unpaired) electrons. The van der Waals surface area contributed by atoms with Crippen molar-refractivity contribution in [3.05, 3.63) is 145 Å². The number of rotatable bonds is 4. The molecule has 0 nitrogen and oxygen atoms in total. The maximum atomic E-state index is 2.53. The van der Waals surface area contributed by atoms with E-state index in [0.717, 1.165) is 0 Å². The number of hydrogen-bond donors (Lipinski definition) is 0. The van der Waals surface area contributed by atoms with Gasteiger partial charge in [-0.15, -0.1) is 69.1 Å². The van der Waals surface area contributed by atoms with E-state index in [1.807, 2.05) is 0 Å². The molecule has 1 saturated carbocycles. The van der Waals surface area contributed by atoms with Crippen LogP contribution < -0.4 is 0 Å². The van der Waals surface area contributed by atoms with Gasteiger partial charge < -0.3 is 14.9 Å². The predicted molar refractivity (Wildman–Crippen MR) is 181 cm³/mol. The molecule has 0 spiro atoms. The second-order valence-electron chi connectivity index (χ2n) is 12.0. The van der Waals surface area contributed by atoms with Gasteiger partial charge in [0.15, 0.2) is 0 Å². The Morgan fingerprint density at radius 1 is 0.524 bits per heavy atom. The van der Waals surface area contributed by atoms with Gasteiger partial charge >= 0.3 is 25.8 Å². The van der Waals surface area contributed by atoms with Crippen molar-refractivity contribution in [3.63, 3.8) is 0 Å². The van der Waals surface area contributed by atoms with E-state index in [4.69, 9.17) is 0 Å². The summed E-state index contributed by atoms with van der Waals surface area (Å²) in [5.41, 5.74) is 13.8. The predicted octanol–water partition coefficient (Wildman–Crippen LogP) is 11.8. The van der Waals surface area contributed by atoms with Crippen molar-refractivity contribution < 1.29 is 25.8 Å². The monoisotopic (exact) mass is 714 g/mol. The molecule has 0 bridgehead atoms. The van der Waals surface area contributed by atoms with Gasteiger partial charge in [-0.25, -0.2) is 0 Å². The van der Waals surface area contributed by atoms with Crippen LogP contribution in [0.1, 0.15) is 59.1 Å². The Morgan fingerprint density at radius 3 is 1.38 bits per heavy atom. The number of benzene rings is 4. The Kier molecular flexibility index (Phi) is 9.34. The first kappa shape index (κ1) is 31.9. The minimum absolute atomic E-state index is 0. The van der Waals surface area contributed by atoms with Crippen LogP contribution in [0.25, 0.3) is 43.8 Å². The van der Waals surface area contributed by atoms with Crippen LogP contribution in [-0.2, 0) is 31.3 Å². The topological polar surface area (TPSA) is 0 Å². The molecular formula is C41H42Hf. The fourth-order valence-corrected chi connectivity index (χ4v) is 7.27. The van der Waals surface area contributed by atoms with Gasteiger partial charge in [0.25, 0.3) is 0 Å². The van der Waals surface area contributed by atoms with E-state index >= 15 is 0 Å². The van der Waals surface area contributed by atoms with Crippen molar-refractivity contribution in [2.75, 3.05) is 0 Å². The van der Waals surface area contributed by atoms with E-state index < -0.39 is 0 Å². The summed E-state index contributed by atoms with van der Waals surface area (Å²) in [6.07, 6.45) is 5.02. The van der Waals surface area contributed by atoms with Gasteiger partial charge in [0.2, 0.25) is 0 Å². The maximum Gasteiger partial charge on any atom is 4.00 e. The molecule has 1 heteroatoms. The van der Waals surface area contributed by atoms with Crippen molar-refractivity contribution in [1.29, 1.82) is 0 Å². The molecule has 0 atom stereocenters. The first-order valence-corrected chi connectivity index (χ1v) is 14.5. The third-order valence-electron chi connectivity index (χ3n) is 9.43. The molecule has 0 heterocycles. The zero-order valence-corrected chi connectivity index (χ0v) is 29.7. The molecule has 6 aromatic rings.